The molecule has 5 heteroatoms. The lowest BCUT2D eigenvalue weighted by atomic mass is 10.0. The fourth-order valence-corrected chi connectivity index (χ4v) is 2.81. The third-order valence-electron chi connectivity index (χ3n) is 4.14. The molecule has 0 bridgehead atoms. The van der Waals surface area contributed by atoms with Gasteiger partial charge in [-0.2, -0.15) is 0 Å². The Morgan fingerprint density at radius 2 is 1.63 bits per heavy atom. The molecule has 0 atom stereocenters. The lowest BCUT2D eigenvalue weighted by Crippen LogP contribution is -2.25. The number of nitrogens with one attached hydrogen (secondary N) is 2. The fourth-order valence-electron chi connectivity index (χ4n) is 2.81. The number of methoxy groups -OCH3 is 1. The van der Waals surface area contributed by atoms with Crippen molar-refractivity contribution in [1.29, 1.82) is 0 Å². The first-order valence-electron chi connectivity index (χ1n) is 8.50. The van der Waals surface area contributed by atoms with Gasteiger partial charge in [0.05, 0.1) is 23.9 Å². The molecule has 3 rings (SSSR count). The molecule has 0 radical (unpaired) electrons. The van der Waals surface area contributed by atoms with Crippen LogP contribution in [0.4, 0.5) is 5.69 Å². The van der Waals surface area contributed by atoms with Crippen LogP contribution in [0.5, 0.6) is 5.75 Å². The zero-order chi connectivity index (χ0) is 19.2. The molecule has 2 amide bonds. The van der Waals surface area contributed by atoms with Crippen LogP contribution in [0.2, 0.25) is 0 Å². The van der Waals surface area contributed by atoms with Gasteiger partial charge in [0.1, 0.15) is 5.75 Å². The number of benzene rings is 3. The number of carbonyl (C=O) groups is 2. The molecule has 2 N–H and O–H groups in total. The molecule has 0 unspecified atom stereocenters. The molecule has 3 aromatic rings. The molecule has 0 aliphatic carbocycles. The topological polar surface area (TPSA) is 67.4 Å². The molecule has 0 spiro atoms. The van der Waals surface area contributed by atoms with E-state index in [1.54, 1.807) is 36.4 Å². The highest BCUT2D eigenvalue weighted by atomic mass is 16.5. The summed E-state index contributed by atoms with van der Waals surface area (Å²) in [4.78, 5) is 25.2. The molecular formula is C22H20N2O3. The first kappa shape index (κ1) is 18.2. The van der Waals surface area contributed by atoms with E-state index >= 15 is 0 Å². The number of fused-ring (bicyclic) bond motifs is 1. The first-order valence-corrected chi connectivity index (χ1v) is 8.50. The number of para-hydroxylation sites is 1. The zero-order valence-corrected chi connectivity index (χ0v) is 15.0. The lowest BCUT2D eigenvalue weighted by Gasteiger charge is -2.13. The van der Waals surface area contributed by atoms with Crippen LogP contribution in [-0.4, -0.2) is 25.5 Å². The fraction of sp³-hybridized carbons (Fsp3) is 0.0909. The maximum atomic E-state index is 12.9. The maximum absolute atomic E-state index is 12.9. The average Bonchev–Trinajstić information content (AvgIpc) is 2.71. The molecule has 0 fully saturated rings. The second-order valence-corrected chi connectivity index (χ2v) is 5.90. The van der Waals surface area contributed by atoms with Crippen molar-refractivity contribution in [2.24, 2.45) is 0 Å². The van der Waals surface area contributed by atoms with Gasteiger partial charge in [-0.1, -0.05) is 42.5 Å². The Bertz CT molecular complexity index is 1010. The zero-order valence-electron chi connectivity index (χ0n) is 15.0. The van der Waals surface area contributed by atoms with E-state index in [4.69, 9.17) is 4.74 Å². The minimum absolute atomic E-state index is 0.281. The highest BCUT2D eigenvalue weighted by Crippen LogP contribution is 2.27. The van der Waals surface area contributed by atoms with Gasteiger partial charge in [0.2, 0.25) is 0 Å². The van der Waals surface area contributed by atoms with Crippen molar-refractivity contribution >= 4 is 28.3 Å². The molecule has 0 aliphatic heterocycles. The van der Waals surface area contributed by atoms with Crippen LogP contribution in [0, 0.1) is 0 Å². The van der Waals surface area contributed by atoms with Crippen molar-refractivity contribution in [3.05, 3.63) is 84.4 Å². The number of ether oxygens (including phenoxy) is 1. The van der Waals surface area contributed by atoms with Gasteiger partial charge in [0.25, 0.3) is 11.8 Å². The van der Waals surface area contributed by atoms with E-state index in [0.29, 0.717) is 29.1 Å². The Labute approximate surface area is 157 Å². The molecule has 0 saturated carbocycles. The summed E-state index contributed by atoms with van der Waals surface area (Å²) in [5, 5.41) is 7.45. The highest BCUT2D eigenvalue weighted by Gasteiger charge is 2.17. The van der Waals surface area contributed by atoms with Crippen molar-refractivity contribution in [2.75, 3.05) is 19.0 Å². The van der Waals surface area contributed by atoms with Crippen molar-refractivity contribution in [2.45, 2.75) is 0 Å². The molecule has 0 aliphatic rings. The van der Waals surface area contributed by atoms with Crippen LogP contribution < -0.4 is 15.4 Å². The number of hydrogen-bond acceptors (Lipinski definition) is 3. The van der Waals surface area contributed by atoms with Gasteiger partial charge >= 0.3 is 0 Å². The number of anilines is 1. The maximum Gasteiger partial charge on any atom is 0.259 e. The largest absolute Gasteiger partial charge is 0.496 e. The highest BCUT2D eigenvalue weighted by molar-refractivity contribution is 6.11. The van der Waals surface area contributed by atoms with Gasteiger partial charge in [0, 0.05) is 6.54 Å². The van der Waals surface area contributed by atoms with Crippen LogP contribution >= 0.6 is 0 Å². The van der Waals surface area contributed by atoms with Crippen LogP contribution in [0.3, 0.4) is 0 Å². The molecule has 0 heterocycles. The molecule has 0 aromatic heterocycles. The Balaban J connectivity index is 1.93. The third kappa shape index (κ3) is 3.98. The van der Waals surface area contributed by atoms with Gasteiger partial charge in [-0.15, -0.1) is 6.58 Å². The van der Waals surface area contributed by atoms with Gasteiger partial charge in [-0.3, -0.25) is 9.59 Å². The van der Waals surface area contributed by atoms with E-state index in [-0.39, 0.29) is 11.8 Å². The summed E-state index contributed by atoms with van der Waals surface area (Å²) >= 11 is 0. The first-order chi connectivity index (χ1) is 13.1. The summed E-state index contributed by atoms with van der Waals surface area (Å²) < 4.78 is 5.39. The summed E-state index contributed by atoms with van der Waals surface area (Å²) in [6.07, 6.45) is 1.60. The monoisotopic (exact) mass is 360 g/mol. The van der Waals surface area contributed by atoms with Crippen molar-refractivity contribution < 1.29 is 14.3 Å². The predicted octanol–water partition coefficient (Wildman–Crippen LogP) is 4.02. The van der Waals surface area contributed by atoms with Crippen molar-refractivity contribution in [1.82, 2.24) is 5.32 Å². The van der Waals surface area contributed by atoms with E-state index in [2.05, 4.69) is 17.2 Å². The SMILES string of the molecule is C=CCNC(=O)c1ccccc1NC(=O)c1cc2ccccc2cc1OC. The average molecular weight is 360 g/mol. The van der Waals surface area contributed by atoms with E-state index in [0.717, 1.165) is 10.8 Å². The Hall–Kier alpha value is -3.60. The number of hydrogen-bond donors (Lipinski definition) is 2. The third-order valence-corrected chi connectivity index (χ3v) is 4.14. The van der Waals surface area contributed by atoms with Gasteiger partial charge < -0.3 is 15.4 Å². The summed E-state index contributed by atoms with van der Waals surface area (Å²) in [6.45, 7) is 3.93. The van der Waals surface area contributed by atoms with Crippen LogP contribution in [0.15, 0.2) is 73.3 Å². The van der Waals surface area contributed by atoms with Gasteiger partial charge in [0.15, 0.2) is 0 Å². The second kappa shape index (κ2) is 8.19. The second-order valence-electron chi connectivity index (χ2n) is 5.90. The quantitative estimate of drug-likeness (QED) is 0.653. The van der Waals surface area contributed by atoms with Crippen molar-refractivity contribution in [3.8, 4) is 5.75 Å². The van der Waals surface area contributed by atoms with E-state index < -0.39 is 0 Å². The van der Waals surface area contributed by atoms with Crippen molar-refractivity contribution in [3.63, 3.8) is 0 Å². The molecule has 27 heavy (non-hydrogen) atoms. The standard InChI is InChI=1S/C22H20N2O3/c1-3-12-23-21(25)17-10-6-7-11-19(17)24-22(26)18-13-15-8-4-5-9-16(15)14-20(18)27-2/h3-11,13-14H,1,12H2,2H3,(H,23,25)(H,24,26). The lowest BCUT2D eigenvalue weighted by molar-refractivity contribution is 0.0959. The van der Waals surface area contributed by atoms with Crippen LogP contribution in [0.25, 0.3) is 10.8 Å². The van der Waals surface area contributed by atoms with Gasteiger partial charge in [-0.25, -0.2) is 0 Å². The Morgan fingerprint density at radius 3 is 2.33 bits per heavy atom. The molecule has 5 nitrogen and oxygen atoms in total. The van der Waals surface area contributed by atoms with Gasteiger partial charge in [-0.05, 0) is 35.0 Å². The minimum atomic E-state index is -0.346. The number of amides is 2. The minimum Gasteiger partial charge on any atom is -0.496 e. The molecule has 0 saturated heterocycles. The Kier molecular flexibility index (Phi) is 5.52. The van der Waals surface area contributed by atoms with Crippen LogP contribution in [-0.2, 0) is 0 Å². The number of rotatable bonds is 6. The summed E-state index contributed by atoms with van der Waals surface area (Å²) in [5.41, 5.74) is 1.21. The molecule has 136 valence electrons. The summed E-state index contributed by atoms with van der Waals surface area (Å²) in [5.74, 6) is -0.155. The summed E-state index contributed by atoms with van der Waals surface area (Å²) in [6, 6.07) is 18.2. The Morgan fingerprint density at radius 1 is 0.963 bits per heavy atom. The van der Waals surface area contributed by atoms with E-state index in [9.17, 15) is 9.59 Å². The predicted molar refractivity (Wildman–Crippen MR) is 107 cm³/mol. The van der Waals surface area contributed by atoms with E-state index in [1.807, 2.05) is 30.3 Å². The van der Waals surface area contributed by atoms with E-state index in [1.165, 1.54) is 7.11 Å². The summed E-state index contributed by atoms with van der Waals surface area (Å²) in [7, 11) is 1.53. The van der Waals surface area contributed by atoms with Crippen LogP contribution in [0.1, 0.15) is 20.7 Å². The molecular weight excluding hydrogens is 340 g/mol. The normalized spacial score (nSPS) is 10.3. The number of carbonyl (C=O) groups excluding carboxylic acids is 2. The molecule has 3 aromatic carbocycles. The smallest absolute Gasteiger partial charge is 0.259 e.